The summed E-state index contributed by atoms with van der Waals surface area (Å²) in [4.78, 5) is 10.5. The van der Waals surface area contributed by atoms with Crippen molar-refractivity contribution in [3.05, 3.63) is 35.4 Å². The lowest BCUT2D eigenvalue weighted by molar-refractivity contribution is -0.255. The van der Waals surface area contributed by atoms with Crippen molar-refractivity contribution in [2.75, 3.05) is 0 Å². The quantitative estimate of drug-likeness (QED) is 0.725. The second-order valence-corrected chi connectivity index (χ2v) is 3.92. The predicted molar refractivity (Wildman–Crippen MR) is 53.9 cm³/mol. The van der Waals surface area contributed by atoms with Crippen molar-refractivity contribution in [2.45, 2.75) is 26.7 Å². The lowest BCUT2D eigenvalue weighted by atomic mass is 10.0. The van der Waals surface area contributed by atoms with Gasteiger partial charge in [-0.2, -0.15) is 0 Å². The van der Waals surface area contributed by atoms with Crippen molar-refractivity contribution in [3.8, 4) is 0 Å². The first-order chi connectivity index (χ1) is 6.59. The van der Waals surface area contributed by atoms with E-state index in [4.69, 9.17) is 0 Å². The maximum absolute atomic E-state index is 10.5. The van der Waals surface area contributed by atoms with Crippen LogP contribution >= 0.6 is 0 Å². The zero-order valence-corrected chi connectivity index (χ0v) is 8.62. The van der Waals surface area contributed by atoms with Crippen LogP contribution in [0.25, 0.3) is 0 Å². The summed E-state index contributed by atoms with van der Waals surface area (Å²) >= 11 is 0. The minimum Gasteiger partial charge on any atom is -0.545 e. The molecular formula is C12H15O2-. The van der Waals surface area contributed by atoms with Crippen LogP contribution in [0.15, 0.2) is 24.3 Å². The number of hydrogen-bond donors (Lipinski definition) is 0. The summed E-state index contributed by atoms with van der Waals surface area (Å²) in [7, 11) is 0. The van der Waals surface area contributed by atoms with Gasteiger partial charge in [0.1, 0.15) is 0 Å². The molecule has 0 amide bonds. The van der Waals surface area contributed by atoms with Gasteiger partial charge < -0.3 is 9.90 Å². The molecule has 0 unspecified atom stereocenters. The molecule has 2 nitrogen and oxygen atoms in total. The van der Waals surface area contributed by atoms with Gasteiger partial charge in [0.15, 0.2) is 0 Å². The molecule has 0 radical (unpaired) electrons. The highest BCUT2D eigenvalue weighted by Crippen LogP contribution is 2.10. The lowest BCUT2D eigenvalue weighted by Gasteiger charge is -2.06. The molecule has 0 aromatic heterocycles. The van der Waals surface area contributed by atoms with Crippen LogP contribution in [0.2, 0.25) is 0 Å². The number of rotatable bonds is 4. The fraction of sp³-hybridized carbons (Fsp3) is 0.417. The van der Waals surface area contributed by atoms with E-state index < -0.39 is 5.97 Å². The zero-order chi connectivity index (χ0) is 10.6. The van der Waals surface area contributed by atoms with Crippen LogP contribution in [-0.4, -0.2) is 5.97 Å². The number of aromatic carboxylic acids is 1. The van der Waals surface area contributed by atoms with Crippen molar-refractivity contribution in [3.63, 3.8) is 0 Å². The summed E-state index contributed by atoms with van der Waals surface area (Å²) in [6.45, 7) is 4.35. The summed E-state index contributed by atoms with van der Waals surface area (Å²) in [6.07, 6.45) is 2.13. The van der Waals surface area contributed by atoms with Gasteiger partial charge in [-0.25, -0.2) is 0 Å². The standard InChI is InChI=1S/C12H16O2/c1-9(2)3-4-10-5-7-11(8-6-10)12(13)14/h5-9H,3-4H2,1-2H3,(H,13,14)/p-1. The van der Waals surface area contributed by atoms with Crippen LogP contribution in [0.5, 0.6) is 0 Å². The van der Waals surface area contributed by atoms with Crippen LogP contribution in [0, 0.1) is 5.92 Å². The molecule has 1 rings (SSSR count). The van der Waals surface area contributed by atoms with Crippen LogP contribution in [0.4, 0.5) is 0 Å². The lowest BCUT2D eigenvalue weighted by Crippen LogP contribution is -2.21. The summed E-state index contributed by atoms with van der Waals surface area (Å²) < 4.78 is 0. The Kier molecular flexibility index (Phi) is 3.69. The molecule has 0 bridgehead atoms. The zero-order valence-electron chi connectivity index (χ0n) is 8.62. The highest BCUT2D eigenvalue weighted by atomic mass is 16.4. The van der Waals surface area contributed by atoms with Gasteiger partial charge in [-0.05, 0) is 29.9 Å². The molecule has 1 aromatic rings. The van der Waals surface area contributed by atoms with Crippen LogP contribution in [-0.2, 0) is 6.42 Å². The van der Waals surface area contributed by atoms with Gasteiger partial charge >= 0.3 is 0 Å². The van der Waals surface area contributed by atoms with E-state index in [0.29, 0.717) is 5.92 Å². The third kappa shape index (κ3) is 3.21. The smallest absolute Gasteiger partial charge is 0.0715 e. The number of aryl methyl sites for hydroxylation is 1. The fourth-order valence-electron chi connectivity index (χ4n) is 1.26. The fourth-order valence-corrected chi connectivity index (χ4v) is 1.26. The van der Waals surface area contributed by atoms with Crippen LogP contribution in [0.1, 0.15) is 36.2 Å². The molecule has 0 saturated heterocycles. The van der Waals surface area contributed by atoms with E-state index in [1.165, 1.54) is 5.56 Å². The number of benzene rings is 1. The Bertz CT molecular complexity index is 299. The Balaban J connectivity index is 2.60. The summed E-state index contributed by atoms with van der Waals surface area (Å²) in [6, 6.07) is 6.91. The first-order valence-electron chi connectivity index (χ1n) is 4.90. The summed E-state index contributed by atoms with van der Waals surface area (Å²) in [5.41, 5.74) is 1.43. The molecule has 0 N–H and O–H groups in total. The first kappa shape index (κ1) is 10.8. The van der Waals surface area contributed by atoms with Crippen molar-refractivity contribution < 1.29 is 9.90 Å². The van der Waals surface area contributed by atoms with Gasteiger partial charge in [0, 0.05) is 0 Å². The molecule has 0 aliphatic carbocycles. The van der Waals surface area contributed by atoms with Gasteiger partial charge in [-0.3, -0.25) is 0 Å². The van der Waals surface area contributed by atoms with Crippen LogP contribution < -0.4 is 5.11 Å². The highest BCUT2D eigenvalue weighted by Gasteiger charge is 1.97. The highest BCUT2D eigenvalue weighted by molar-refractivity contribution is 5.85. The van der Waals surface area contributed by atoms with Crippen molar-refractivity contribution in [2.24, 2.45) is 5.92 Å². The number of carbonyl (C=O) groups is 1. The maximum atomic E-state index is 10.5. The van der Waals surface area contributed by atoms with Gasteiger partial charge in [0.2, 0.25) is 0 Å². The summed E-state index contributed by atoms with van der Waals surface area (Å²) in [5.74, 6) is -0.434. The van der Waals surface area contributed by atoms with Gasteiger partial charge in [0.25, 0.3) is 0 Å². The Labute approximate surface area is 84.6 Å². The van der Waals surface area contributed by atoms with E-state index in [0.717, 1.165) is 12.8 Å². The molecule has 1 aromatic carbocycles. The van der Waals surface area contributed by atoms with Crippen molar-refractivity contribution in [1.29, 1.82) is 0 Å². The average molecular weight is 191 g/mol. The minimum absolute atomic E-state index is 0.248. The largest absolute Gasteiger partial charge is 0.545 e. The average Bonchev–Trinajstić information content (AvgIpc) is 2.15. The Hall–Kier alpha value is -1.31. The second-order valence-electron chi connectivity index (χ2n) is 3.92. The molecule has 2 heteroatoms. The predicted octanol–water partition coefficient (Wildman–Crippen LogP) is 1.64. The Morgan fingerprint density at radius 1 is 1.29 bits per heavy atom. The molecule has 0 saturated carbocycles. The molecule has 0 aliphatic rings. The second kappa shape index (κ2) is 4.80. The van der Waals surface area contributed by atoms with Crippen molar-refractivity contribution in [1.82, 2.24) is 0 Å². The minimum atomic E-state index is -1.11. The molecule has 14 heavy (non-hydrogen) atoms. The molecule has 76 valence electrons. The van der Waals surface area contributed by atoms with E-state index in [9.17, 15) is 9.90 Å². The van der Waals surface area contributed by atoms with Crippen molar-refractivity contribution >= 4 is 5.97 Å². The molecule has 0 fully saturated rings. The van der Waals surface area contributed by atoms with Gasteiger partial charge in [-0.1, -0.05) is 38.1 Å². The maximum Gasteiger partial charge on any atom is 0.0715 e. The Morgan fingerprint density at radius 2 is 1.86 bits per heavy atom. The monoisotopic (exact) mass is 191 g/mol. The topological polar surface area (TPSA) is 40.1 Å². The normalized spacial score (nSPS) is 10.5. The number of hydrogen-bond acceptors (Lipinski definition) is 2. The van der Waals surface area contributed by atoms with E-state index in [1.54, 1.807) is 12.1 Å². The van der Waals surface area contributed by atoms with Crippen LogP contribution in [0.3, 0.4) is 0 Å². The molecule has 0 spiro atoms. The SMILES string of the molecule is CC(C)CCc1ccc(C(=O)[O-])cc1. The third-order valence-electron chi connectivity index (χ3n) is 2.20. The van der Waals surface area contributed by atoms with E-state index in [-0.39, 0.29) is 5.56 Å². The molecule has 0 aliphatic heterocycles. The van der Waals surface area contributed by atoms with E-state index in [1.807, 2.05) is 12.1 Å². The number of carbonyl (C=O) groups excluding carboxylic acids is 1. The number of carboxylic acids is 1. The molecular weight excluding hydrogens is 176 g/mol. The molecule has 0 atom stereocenters. The molecule has 0 heterocycles. The third-order valence-corrected chi connectivity index (χ3v) is 2.20. The van der Waals surface area contributed by atoms with E-state index >= 15 is 0 Å². The number of carboxylic acid groups (broad SMARTS) is 1. The van der Waals surface area contributed by atoms with Gasteiger partial charge in [0.05, 0.1) is 5.97 Å². The van der Waals surface area contributed by atoms with Gasteiger partial charge in [-0.15, -0.1) is 0 Å². The van der Waals surface area contributed by atoms with E-state index in [2.05, 4.69) is 13.8 Å². The first-order valence-corrected chi connectivity index (χ1v) is 4.90. The summed E-state index contributed by atoms with van der Waals surface area (Å²) in [5, 5.41) is 10.5. The Morgan fingerprint density at radius 3 is 2.29 bits per heavy atom.